The lowest BCUT2D eigenvalue weighted by Gasteiger charge is -2.40. The van der Waals surface area contributed by atoms with Crippen molar-refractivity contribution in [2.45, 2.75) is 51.8 Å². The fourth-order valence-corrected chi connectivity index (χ4v) is 4.69. The van der Waals surface area contributed by atoms with Gasteiger partial charge in [-0.15, -0.1) is 24.8 Å². The van der Waals surface area contributed by atoms with Crippen LogP contribution in [0.1, 0.15) is 43.7 Å². The normalized spacial score (nSPS) is 18.7. The van der Waals surface area contributed by atoms with E-state index in [0.717, 1.165) is 43.4 Å². The molecule has 0 unspecified atom stereocenters. The molecule has 3 rings (SSSR count). The van der Waals surface area contributed by atoms with Crippen LogP contribution < -0.4 is 5.32 Å². The molecule has 3 atom stereocenters. The highest BCUT2D eigenvalue weighted by Gasteiger charge is 2.35. The number of halogens is 2. The van der Waals surface area contributed by atoms with Crippen LogP contribution >= 0.6 is 24.8 Å². The molecule has 1 aromatic carbocycles. The number of ether oxygens (including phenoxy) is 2. The molecule has 0 radical (unpaired) electrons. The summed E-state index contributed by atoms with van der Waals surface area (Å²) in [5.74, 6) is 0.811. The number of aryl methyl sites for hydroxylation is 1. The van der Waals surface area contributed by atoms with E-state index >= 15 is 0 Å². The fourth-order valence-electron chi connectivity index (χ4n) is 4.69. The number of nitrogens with one attached hydrogen (secondary N) is 1. The zero-order chi connectivity index (χ0) is 23.8. The van der Waals surface area contributed by atoms with Gasteiger partial charge in [0.05, 0.1) is 23.7 Å². The second kappa shape index (κ2) is 15.6. The molecule has 0 saturated carbocycles. The smallest absolute Gasteiger partial charge is 0.290 e. The summed E-state index contributed by atoms with van der Waals surface area (Å²) in [5.41, 5.74) is 1.82. The van der Waals surface area contributed by atoms with Crippen molar-refractivity contribution in [3.63, 3.8) is 0 Å². The second-order valence-electron chi connectivity index (χ2n) is 9.46. The molecule has 35 heavy (non-hydrogen) atoms. The highest BCUT2D eigenvalue weighted by Crippen LogP contribution is 2.24. The van der Waals surface area contributed by atoms with Crippen LogP contribution in [-0.2, 0) is 16.0 Å². The Balaban J connectivity index is 0.00000306. The lowest BCUT2D eigenvalue weighted by molar-refractivity contribution is 0.00229. The maximum Gasteiger partial charge on any atom is 0.290 e. The van der Waals surface area contributed by atoms with Crippen molar-refractivity contribution in [3.05, 3.63) is 30.1 Å². The van der Waals surface area contributed by atoms with Gasteiger partial charge in [-0.3, -0.25) is 4.79 Å². The van der Waals surface area contributed by atoms with Crippen molar-refractivity contribution >= 4 is 41.8 Å². The molecule has 1 fully saturated rings. The molecule has 8 nitrogen and oxygen atoms in total. The van der Waals surface area contributed by atoms with Crippen molar-refractivity contribution < 1.29 is 19.4 Å². The largest absolute Gasteiger partial charge is 0.390 e. The Kier molecular flexibility index (Phi) is 14.1. The number of hydrogen-bond acceptors (Lipinski definition) is 6. The SMILES string of the molecule is COCCCCn1c(C(=O)N(CC(C)C)[C@@H]2CNC[C@H]([C@@H](O)COC)C2)nc2ccccc21.Cl.Cl. The Labute approximate surface area is 221 Å². The number of aliphatic hydroxyl groups is 1. The number of aliphatic hydroxyl groups excluding tert-OH is 1. The quantitative estimate of drug-likeness (QED) is 0.407. The van der Waals surface area contributed by atoms with Gasteiger partial charge >= 0.3 is 0 Å². The first-order valence-electron chi connectivity index (χ1n) is 12.1. The molecule has 200 valence electrons. The average molecular weight is 534 g/mol. The van der Waals surface area contributed by atoms with Gasteiger partial charge in [-0.1, -0.05) is 26.0 Å². The summed E-state index contributed by atoms with van der Waals surface area (Å²) in [6, 6.07) is 7.93. The number of amides is 1. The van der Waals surface area contributed by atoms with Crippen LogP contribution in [0.3, 0.4) is 0 Å². The predicted molar refractivity (Wildman–Crippen MR) is 144 cm³/mol. The standard InChI is InChI=1S/C25H40N4O4.2ClH/c1-18(2)16-29(20-13-19(14-26-15-20)23(30)17-33-4)25(31)24-27-21-9-5-6-10-22(21)28(24)11-7-8-12-32-3;;/h5-6,9-10,18-20,23,26,30H,7-8,11-17H2,1-4H3;2*1H/t19-,20+,23+;;/m1../s1. The van der Waals surface area contributed by atoms with Crippen LogP contribution in [0, 0.1) is 11.8 Å². The number of aromatic nitrogens is 2. The predicted octanol–water partition coefficient (Wildman–Crippen LogP) is 3.39. The van der Waals surface area contributed by atoms with Crippen molar-refractivity contribution in [1.82, 2.24) is 19.8 Å². The van der Waals surface area contributed by atoms with Crippen molar-refractivity contribution in [2.24, 2.45) is 11.8 Å². The number of methoxy groups -OCH3 is 2. The first-order chi connectivity index (χ1) is 16.0. The lowest BCUT2D eigenvalue weighted by Crippen LogP contribution is -2.54. The van der Waals surface area contributed by atoms with Gasteiger partial charge < -0.3 is 29.4 Å². The van der Waals surface area contributed by atoms with Gasteiger partial charge in [0.2, 0.25) is 0 Å². The van der Waals surface area contributed by atoms with Gasteiger partial charge in [0.25, 0.3) is 5.91 Å². The molecule has 0 spiro atoms. The van der Waals surface area contributed by atoms with E-state index in [-0.39, 0.29) is 42.7 Å². The van der Waals surface area contributed by atoms with Crippen LogP contribution in [0.25, 0.3) is 11.0 Å². The van der Waals surface area contributed by atoms with E-state index in [2.05, 4.69) is 23.7 Å². The first kappa shape index (κ1) is 31.6. The average Bonchev–Trinajstić information content (AvgIpc) is 3.18. The summed E-state index contributed by atoms with van der Waals surface area (Å²) < 4.78 is 12.4. The minimum Gasteiger partial charge on any atom is -0.390 e. The van der Waals surface area contributed by atoms with Crippen LogP contribution in [0.5, 0.6) is 0 Å². The third kappa shape index (κ3) is 8.30. The molecule has 1 saturated heterocycles. The number of piperidine rings is 1. The number of carbonyl (C=O) groups excluding carboxylic acids is 1. The topological polar surface area (TPSA) is 88.9 Å². The van der Waals surface area contributed by atoms with E-state index in [1.54, 1.807) is 14.2 Å². The van der Waals surface area contributed by atoms with Gasteiger partial charge in [0, 0.05) is 59.0 Å². The van der Waals surface area contributed by atoms with Crippen molar-refractivity contribution in [3.8, 4) is 0 Å². The fraction of sp³-hybridized carbons (Fsp3) is 0.680. The monoisotopic (exact) mass is 532 g/mol. The minimum absolute atomic E-state index is 0. The summed E-state index contributed by atoms with van der Waals surface area (Å²) in [7, 11) is 3.31. The molecule has 2 aromatic rings. The van der Waals surface area contributed by atoms with Gasteiger partial charge in [-0.2, -0.15) is 0 Å². The molecule has 1 amide bonds. The molecule has 0 bridgehead atoms. The van der Waals surface area contributed by atoms with Gasteiger partial charge in [0.1, 0.15) is 0 Å². The highest BCUT2D eigenvalue weighted by molar-refractivity contribution is 5.95. The summed E-state index contributed by atoms with van der Waals surface area (Å²) in [6.07, 6.45) is 2.03. The molecule has 0 aliphatic carbocycles. The Morgan fingerprint density at radius 1 is 1.20 bits per heavy atom. The van der Waals surface area contributed by atoms with E-state index < -0.39 is 6.10 Å². The highest BCUT2D eigenvalue weighted by atomic mass is 35.5. The Bertz CT molecular complexity index is 895. The first-order valence-corrected chi connectivity index (χ1v) is 12.1. The molecule has 1 aromatic heterocycles. The zero-order valence-corrected chi connectivity index (χ0v) is 22.9. The Morgan fingerprint density at radius 2 is 1.94 bits per heavy atom. The van der Waals surface area contributed by atoms with Gasteiger partial charge in [-0.05, 0) is 37.3 Å². The number of nitrogens with zero attached hydrogens (tertiary/aromatic N) is 3. The number of imidazole rings is 1. The third-order valence-corrected chi connectivity index (χ3v) is 6.33. The lowest BCUT2D eigenvalue weighted by atomic mass is 9.89. The van der Waals surface area contributed by atoms with Crippen LogP contribution in [0.2, 0.25) is 0 Å². The summed E-state index contributed by atoms with van der Waals surface area (Å²) in [6.45, 7) is 8.06. The maximum atomic E-state index is 14.0. The van der Waals surface area contributed by atoms with Gasteiger partial charge in [0.15, 0.2) is 5.82 Å². The number of rotatable bonds is 12. The maximum absolute atomic E-state index is 14.0. The van der Waals surface area contributed by atoms with Gasteiger partial charge in [-0.25, -0.2) is 4.98 Å². The van der Waals surface area contributed by atoms with E-state index in [4.69, 9.17) is 14.5 Å². The van der Waals surface area contributed by atoms with Crippen molar-refractivity contribution in [1.29, 1.82) is 0 Å². The minimum atomic E-state index is -0.549. The zero-order valence-electron chi connectivity index (χ0n) is 21.3. The molecule has 2 heterocycles. The van der Waals surface area contributed by atoms with Crippen molar-refractivity contribution in [2.75, 3.05) is 47.1 Å². The van der Waals surface area contributed by atoms with E-state index in [0.29, 0.717) is 38.0 Å². The van der Waals surface area contributed by atoms with E-state index in [1.807, 2.05) is 29.2 Å². The Morgan fingerprint density at radius 3 is 2.63 bits per heavy atom. The molecule has 10 heteroatoms. The molecule has 2 N–H and O–H groups in total. The number of benzene rings is 1. The molecule has 1 aliphatic rings. The van der Waals surface area contributed by atoms with E-state index in [9.17, 15) is 9.90 Å². The summed E-state index contributed by atoms with van der Waals surface area (Å²) in [4.78, 5) is 20.7. The summed E-state index contributed by atoms with van der Waals surface area (Å²) >= 11 is 0. The number of para-hydroxylation sites is 2. The number of hydrogen-bond donors (Lipinski definition) is 2. The van der Waals surface area contributed by atoms with Crippen LogP contribution in [0.4, 0.5) is 0 Å². The Hall–Kier alpha value is -1.42. The van der Waals surface area contributed by atoms with Crippen LogP contribution in [-0.4, -0.2) is 84.7 Å². The second-order valence-corrected chi connectivity index (χ2v) is 9.46. The molecular weight excluding hydrogens is 491 g/mol. The number of unbranched alkanes of at least 4 members (excludes halogenated alkanes) is 1. The third-order valence-electron chi connectivity index (χ3n) is 6.33. The molecule has 1 aliphatic heterocycles. The molecular formula is C25H42Cl2N4O4. The van der Waals surface area contributed by atoms with Crippen LogP contribution in [0.15, 0.2) is 24.3 Å². The number of fused-ring (bicyclic) bond motifs is 1. The number of carbonyl (C=O) groups is 1. The summed E-state index contributed by atoms with van der Waals surface area (Å²) in [5, 5.41) is 13.9. The van der Waals surface area contributed by atoms with E-state index in [1.165, 1.54) is 0 Å².